The van der Waals surface area contributed by atoms with Crippen LogP contribution in [0.4, 0.5) is 4.79 Å². The van der Waals surface area contributed by atoms with E-state index in [1.807, 2.05) is 49.9 Å². The van der Waals surface area contributed by atoms with Crippen molar-refractivity contribution in [2.75, 3.05) is 19.6 Å². The molecule has 0 saturated carbocycles. The summed E-state index contributed by atoms with van der Waals surface area (Å²) in [4.78, 5) is 50.1. The van der Waals surface area contributed by atoms with Gasteiger partial charge in [-0.05, 0) is 62.8 Å². The number of urea groups is 1. The molecule has 2 aromatic heterocycles. The Hall–Kier alpha value is -3.16. The maximum Gasteiger partial charge on any atom is 0.325 e. The summed E-state index contributed by atoms with van der Waals surface area (Å²) in [5, 5.41) is 3.07. The molecule has 0 radical (unpaired) electrons. The second kappa shape index (κ2) is 9.37. The minimum absolute atomic E-state index is 0.00219. The van der Waals surface area contributed by atoms with Crippen molar-refractivity contribution in [3.63, 3.8) is 0 Å². The van der Waals surface area contributed by atoms with Gasteiger partial charge >= 0.3 is 6.03 Å². The van der Waals surface area contributed by atoms with Crippen LogP contribution in [0.15, 0.2) is 30.5 Å². The second-order valence-electron chi connectivity index (χ2n) is 9.26. The van der Waals surface area contributed by atoms with Gasteiger partial charge in [0.15, 0.2) is 0 Å². The van der Waals surface area contributed by atoms with Crippen molar-refractivity contribution in [1.82, 2.24) is 25.1 Å². The smallest absolute Gasteiger partial charge is 0.325 e. The molecule has 8 nitrogen and oxygen atoms in total. The summed E-state index contributed by atoms with van der Waals surface area (Å²) >= 11 is 0. The third-order valence-electron chi connectivity index (χ3n) is 7.01. The van der Waals surface area contributed by atoms with E-state index in [2.05, 4.69) is 15.3 Å². The highest BCUT2D eigenvalue weighted by atomic mass is 16.2. The van der Waals surface area contributed by atoms with E-state index in [1.165, 1.54) is 4.90 Å². The van der Waals surface area contributed by atoms with Gasteiger partial charge in [-0.3, -0.25) is 19.5 Å². The molecule has 0 aromatic carbocycles. The van der Waals surface area contributed by atoms with Gasteiger partial charge in [0.25, 0.3) is 11.8 Å². The molecule has 2 N–H and O–H groups in total. The third-order valence-corrected chi connectivity index (χ3v) is 7.01. The topological polar surface area (TPSA) is 98.4 Å². The number of nitrogens with one attached hydrogen (secondary N) is 2. The minimum atomic E-state index is -0.885. The lowest BCUT2D eigenvalue weighted by molar-refractivity contribution is -0.134. The van der Waals surface area contributed by atoms with Gasteiger partial charge in [0, 0.05) is 43.6 Å². The number of likely N-dealkylation sites (tertiary alicyclic amines) is 1. The highest BCUT2D eigenvalue weighted by Gasteiger charge is 2.55. The Bertz CT molecular complexity index is 1030. The zero-order valence-corrected chi connectivity index (χ0v) is 19.7. The first kappa shape index (κ1) is 23.0. The number of hydrogen-bond acceptors (Lipinski definition) is 4. The number of H-pyrrole nitrogens is 1. The van der Waals surface area contributed by atoms with Crippen LogP contribution < -0.4 is 5.32 Å². The van der Waals surface area contributed by atoms with E-state index in [1.54, 1.807) is 6.20 Å². The van der Waals surface area contributed by atoms with Gasteiger partial charge in [0.05, 0.1) is 0 Å². The summed E-state index contributed by atoms with van der Waals surface area (Å²) in [6.45, 7) is 7.38. The van der Waals surface area contributed by atoms with Crippen LogP contribution >= 0.6 is 0 Å². The van der Waals surface area contributed by atoms with Crippen molar-refractivity contribution >= 4 is 17.8 Å². The molecule has 0 spiro atoms. The van der Waals surface area contributed by atoms with Crippen molar-refractivity contribution in [2.45, 2.75) is 58.4 Å². The van der Waals surface area contributed by atoms with Crippen LogP contribution in [-0.2, 0) is 11.2 Å². The summed E-state index contributed by atoms with van der Waals surface area (Å²) in [5.41, 5.74) is 2.53. The molecule has 8 heteroatoms. The average molecular weight is 452 g/mol. The molecular weight excluding hydrogens is 418 g/mol. The van der Waals surface area contributed by atoms with Gasteiger partial charge in [0.1, 0.15) is 11.2 Å². The summed E-state index contributed by atoms with van der Waals surface area (Å²) < 4.78 is 0. The van der Waals surface area contributed by atoms with E-state index in [4.69, 9.17) is 0 Å². The number of imide groups is 1. The van der Waals surface area contributed by atoms with Crippen LogP contribution in [0.1, 0.15) is 60.0 Å². The van der Waals surface area contributed by atoms with Crippen molar-refractivity contribution in [1.29, 1.82) is 0 Å². The molecular formula is C25H33N5O3. The maximum atomic E-state index is 13.6. The molecule has 4 amide bonds. The third kappa shape index (κ3) is 4.38. The highest BCUT2D eigenvalue weighted by molar-refractivity contribution is 6.07. The number of carbonyl (C=O) groups excluding carboxylic acids is 3. The van der Waals surface area contributed by atoms with Gasteiger partial charge in [-0.1, -0.05) is 19.4 Å². The quantitative estimate of drug-likeness (QED) is 0.632. The average Bonchev–Trinajstić information content (AvgIpc) is 3.28. The second-order valence-corrected chi connectivity index (χ2v) is 9.26. The largest absolute Gasteiger partial charge is 0.354 e. The van der Waals surface area contributed by atoms with Crippen LogP contribution in [-0.4, -0.2) is 62.8 Å². The van der Waals surface area contributed by atoms with Crippen molar-refractivity contribution in [3.05, 3.63) is 53.1 Å². The van der Waals surface area contributed by atoms with E-state index < -0.39 is 5.54 Å². The molecule has 2 fully saturated rings. The number of pyridine rings is 1. The molecule has 0 bridgehead atoms. The van der Waals surface area contributed by atoms with E-state index in [0.717, 1.165) is 23.4 Å². The molecule has 1 unspecified atom stereocenters. The van der Waals surface area contributed by atoms with Crippen LogP contribution in [0.25, 0.3) is 0 Å². The number of aromatic amines is 1. The molecule has 2 aliphatic rings. The first-order valence-corrected chi connectivity index (χ1v) is 11.8. The molecule has 2 aliphatic heterocycles. The normalized spacial score (nSPS) is 21.5. The molecule has 4 rings (SSSR count). The zero-order chi connectivity index (χ0) is 23.6. The number of amides is 4. The summed E-state index contributed by atoms with van der Waals surface area (Å²) in [6.07, 6.45) is 5.01. The maximum absolute atomic E-state index is 13.6. The van der Waals surface area contributed by atoms with E-state index in [9.17, 15) is 14.4 Å². The van der Waals surface area contributed by atoms with Crippen LogP contribution in [0, 0.1) is 19.8 Å². The first-order chi connectivity index (χ1) is 15.9. The Morgan fingerprint density at radius 1 is 1.21 bits per heavy atom. The van der Waals surface area contributed by atoms with Gasteiger partial charge in [-0.15, -0.1) is 0 Å². The van der Waals surface area contributed by atoms with Gasteiger partial charge < -0.3 is 15.2 Å². The standard InChI is InChI=1S/C25H33N5O3/c1-4-11-25(23(32)30(24(33)28-25)15-10-20-7-5-6-12-26-20)19-8-13-29(14-9-19)22(31)21-17(2)16-18(3)27-21/h5-7,12,16,19,27H,4,8-11,13-15H2,1-3H3,(H,28,33). The first-order valence-electron chi connectivity index (χ1n) is 11.8. The Balaban J connectivity index is 1.44. The van der Waals surface area contributed by atoms with E-state index in [-0.39, 0.29) is 23.8 Å². The van der Waals surface area contributed by atoms with Gasteiger partial charge in [-0.2, -0.15) is 0 Å². The molecule has 33 heavy (non-hydrogen) atoms. The Morgan fingerprint density at radius 2 is 1.97 bits per heavy atom. The molecule has 2 aromatic rings. The van der Waals surface area contributed by atoms with Crippen LogP contribution in [0.2, 0.25) is 0 Å². The van der Waals surface area contributed by atoms with E-state index >= 15 is 0 Å². The predicted octanol–water partition coefficient (Wildman–Crippen LogP) is 3.21. The lowest BCUT2D eigenvalue weighted by Gasteiger charge is -2.40. The van der Waals surface area contributed by atoms with Crippen molar-refractivity contribution in [2.24, 2.45) is 5.92 Å². The fourth-order valence-electron chi connectivity index (χ4n) is 5.35. The molecule has 176 valence electrons. The van der Waals surface area contributed by atoms with Crippen molar-refractivity contribution in [3.8, 4) is 0 Å². The fourth-order valence-corrected chi connectivity index (χ4v) is 5.35. The van der Waals surface area contributed by atoms with Crippen LogP contribution in [0.3, 0.4) is 0 Å². The van der Waals surface area contributed by atoms with E-state index in [0.29, 0.717) is 51.0 Å². The minimum Gasteiger partial charge on any atom is -0.354 e. The molecule has 4 heterocycles. The lowest BCUT2D eigenvalue weighted by Crippen LogP contribution is -2.56. The number of aromatic nitrogens is 2. The number of piperidine rings is 1. The number of aryl methyl sites for hydroxylation is 2. The number of carbonyl (C=O) groups is 3. The number of nitrogens with zero attached hydrogens (tertiary/aromatic N) is 3. The molecule has 0 aliphatic carbocycles. The van der Waals surface area contributed by atoms with Crippen LogP contribution in [0.5, 0.6) is 0 Å². The fraction of sp³-hybridized carbons (Fsp3) is 0.520. The van der Waals surface area contributed by atoms with Crippen molar-refractivity contribution < 1.29 is 14.4 Å². The van der Waals surface area contributed by atoms with Gasteiger partial charge in [-0.25, -0.2) is 4.79 Å². The van der Waals surface area contributed by atoms with Gasteiger partial charge in [0.2, 0.25) is 0 Å². The summed E-state index contributed by atoms with van der Waals surface area (Å²) in [7, 11) is 0. The molecule has 2 saturated heterocycles. The summed E-state index contributed by atoms with van der Waals surface area (Å²) in [6, 6.07) is 7.31. The molecule has 1 atom stereocenters. The Kier molecular flexibility index (Phi) is 6.54. The number of rotatable bonds is 7. The predicted molar refractivity (Wildman–Crippen MR) is 125 cm³/mol. The lowest BCUT2D eigenvalue weighted by atomic mass is 9.74. The zero-order valence-electron chi connectivity index (χ0n) is 19.7. The Morgan fingerprint density at radius 3 is 2.58 bits per heavy atom. The Labute approximate surface area is 194 Å². The highest BCUT2D eigenvalue weighted by Crippen LogP contribution is 2.37. The number of hydrogen-bond donors (Lipinski definition) is 2. The summed E-state index contributed by atoms with van der Waals surface area (Å²) in [5.74, 6) is -0.127. The monoisotopic (exact) mass is 451 g/mol. The SMILES string of the molecule is CCCC1(C2CCN(C(=O)c3[nH]c(C)cc3C)CC2)NC(=O)N(CCc2ccccn2)C1=O.